The Labute approximate surface area is 53.5 Å². The number of rotatable bonds is 0. The van der Waals surface area contributed by atoms with Crippen LogP contribution >= 0.6 is 0 Å². The molecule has 0 aliphatic heterocycles. The summed E-state index contributed by atoms with van der Waals surface area (Å²) in [5.41, 5.74) is 1.97. The van der Waals surface area contributed by atoms with Gasteiger partial charge in [0.1, 0.15) is 0 Å². The van der Waals surface area contributed by atoms with Gasteiger partial charge in [0.05, 0.1) is 0 Å². The maximum atomic E-state index is 12.2. The van der Waals surface area contributed by atoms with Gasteiger partial charge >= 0.3 is 0 Å². The Bertz CT molecular complexity index is 220. The van der Waals surface area contributed by atoms with Crippen LogP contribution in [0.3, 0.4) is 0 Å². The van der Waals surface area contributed by atoms with E-state index in [-0.39, 0.29) is 0 Å². The lowest BCUT2D eigenvalue weighted by Crippen LogP contribution is -1.86. The molecule has 0 radical (unpaired) electrons. The van der Waals surface area contributed by atoms with Crippen molar-refractivity contribution < 1.29 is 4.39 Å². The van der Waals surface area contributed by atoms with E-state index in [1.807, 2.05) is 13.8 Å². The summed E-state index contributed by atoms with van der Waals surface area (Å²) in [5, 5.41) is 0. The lowest BCUT2D eigenvalue weighted by molar-refractivity contribution is 0.581. The molecule has 0 saturated heterocycles. The van der Waals surface area contributed by atoms with E-state index in [2.05, 4.69) is 4.98 Å². The number of nitrogens with zero attached hydrogens (tertiary/aromatic N) is 1. The molecule has 1 aromatic rings. The fourth-order valence-corrected chi connectivity index (χ4v) is 0.590. The third-order valence-corrected chi connectivity index (χ3v) is 1.34. The van der Waals surface area contributed by atoms with Crippen LogP contribution in [-0.2, 0) is 0 Å². The zero-order chi connectivity index (χ0) is 6.85. The second kappa shape index (κ2) is 2.13. The average Bonchev–Trinajstić information content (AvgIpc) is 1.80. The first kappa shape index (κ1) is 6.20. The first-order chi connectivity index (χ1) is 4.20. The van der Waals surface area contributed by atoms with Crippen LogP contribution in [0, 0.1) is 19.8 Å². The van der Waals surface area contributed by atoms with E-state index in [0.29, 0.717) is 0 Å². The number of halogens is 1. The van der Waals surface area contributed by atoms with Crippen LogP contribution in [0.15, 0.2) is 12.3 Å². The largest absolute Gasteiger partial charge is 0.228 e. The maximum absolute atomic E-state index is 12.2. The summed E-state index contributed by atoms with van der Waals surface area (Å²) in [4.78, 5) is 3.47. The minimum atomic E-state index is -0.405. The second-order valence-electron chi connectivity index (χ2n) is 2.09. The molecule has 0 fully saturated rings. The normalized spacial score (nSPS) is 9.67. The Morgan fingerprint density at radius 3 is 2.44 bits per heavy atom. The molecule has 2 heteroatoms. The monoisotopic (exact) mass is 125 g/mol. The Balaban J connectivity index is 3.17. The highest BCUT2D eigenvalue weighted by atomic mass is 19.1. The third kappa shape index (κ3) is 1.25. The van der Waals surface area contributed by atoms with E-state index in [9.17, 15) is 4.39 Å². The molecule has 0 unspecified atom stereocenters. The molecular weight excluding hydrogens is 117 g/mol. The summed E-state index contributed by atoms with van der Waals surface area (Å²) in [5.74, 6) is -0.405. The Morgan fingerprint density at radius 2 is 2.00 bits per heavy atom. The van der Waals surface area contributed by atoms with Crippen LogP contribution in [-0.4, -0.2) is 4.98 Å². The van der Waals surface area contributed by atoms with Gasteiger partial charge in [-0.1, -0.05) is 0 Å². The molecule has 0 N–H and O–H groups in total. The number of hydrogen-bond acceptors (Lipinski definition) is 1. The fraction of sp³-hybridized carbons (Fsp3) is 0.286. The molecule has 0 aliphatic rings. The molecule has 0 amide bonds. The summed E-state index contributed by atoms with van der Waals surface area (Å²) in [6.07, 6.45) is 1.53. The quantitative estimate of drug-likeness (QED) is 0.482. The van der Waals surface area contributed by atoms with Gasteiger partial charge in [-0.05, 0) is 31.0 Å². The average molecular weight is 125 g/mol. The number of pyridine rings is 1. The number of hydrogen-bond donors (Lipinski definition) is 0. The lowest BCUT2D eigenvalue weighted by atomic mass is 10.2. The van der Waals surface area contributed by atoms with E-state index in [4.69, 9.17) is 0 Å². The zero-order valence-electron chi connectivity index (χ0n) is 5.48. The van der Waals surface area contributed by atoms with Gasteiger partial charge in [0.25, 0.3) is 0 Å². The van der Waals surface area contributed by atoms with E-state index in [0.717, 1.165) is 11.1 Å². The van der Waals surface area contributed by atoms with Crippen molar-refractivity contribution in [2.75, 3.05) is 0 Å². The number of aryl methyl sites for hydroxylation is 2. The predicted molar refractivity (Wildman–Crippen MR) is 33.7 cm³/mol. The molecule has 9 heavy (non-hydrogen) atoms. The molecular formula is C7H8FN. The summed E-state index contributed by atoms with van der Waals surface area (Å²) in [6, 6.07) is 1.43. The number of aromatic nitrogens is 1. The lowest BCUT2D eigenvalue weighted by Gasteiger charge is -1.95. The van der Waals surface area contributed by atoms with Crippen LogP contribution in [0.1, 0.15) is 11.1 Å². The van der Waals surface area contributed by atoms with Gasteiger partial charge in [-0.3, -0.25) is 0 Å². The van der Waals surface area contributed by atoms with Gasteiger partial charge in [-0.25, -0.2) is 4.98 Å². The molecule has 0 bridgehead atoms. The zero-order valence-corrected chi connectivity index (χ0v) is 5.48. The van der Waals surface area contributed by atoms with Crippen LogP contribution in [0.2, 0.25) is 0 Å². The van der Waals surface area contributed by atoms with Crippen LogP contribution < -0.4 is 0 Å². The highest BCUT2D eigenvalue weighted by Gasteiger charge is 1.93. The van der Waals surface area contributed by atoms with Gasteiger partial charge in [-0.15, -0.1) is 0 Å². The van der Waals surface area contributed by atoms with Crippen molar-refractivity contribution in [3.05, 3.63) is 29.3 Å². The van der Waals surface area contributed by atoms with Gasteiger partial charge in [0.15, 0.2) is 0 Å². The van der Waals surface area contributed by atoms with E-state index < -0.39 is 5.95 Å². The van der Waals surface area contributed by atoms with Crippen LogP contribution in [0.25, 0.3) is 0 Å². The standard InChI is InChI=1S/C7H8FN/c1-5-3-7(8)9-4-6(5)2/h3-4H,1-2H3. The van der Waals surface area contributed by atoms with Crippen molar-refractivity contribution in [2.24, 2.45) is 0 Å². The fourth-order valence-electron chi connectivity index (χ4n) is 0.590. The Morgan fingerprint density at radius 1 is 1.33 bits per heavy atom. The highest BCUT2D eigenvalue weighted by molar-refractivity contribution is 5.19. The second-order valence-corrected chi connectivity index (χ2v) is 2.09. The van der Waals surface area contributed by atoms with E-state index in [1.165, 1.54) is 12.3 Å². The molecule has 0 aromatic carbocycles. The molecule has 1 aromatic heterocycles. The highest BCUT2D eigenvalue weighted by Crippen LogP contribution is 2.04. The molecule has 1 nitrogen and oxygen atoms in total. The minimum absolute atomic E-state index is 0.405. The first-order valence-corrected chi connectivity index (χ1v) is 2.79. The van der Waals surface area contributed by atoms with Crippen molar-refractivity contribution in [3.8, 4) is 0 Å². The maximum Gasteiger partial charge on any atom is 0.213 e. The predicted octanol–water partition coefficient (Wildman–Crippen LogP) is 1.84. The van der Waals surface area contributed by atoms with Crippen LogP contribution in [0.4, 0.5) is 4.39 Å². The van der Waals surface area contributed by atoms with Gasteiger partial charge in [0, 0.05) is 6.20 Å². The van der Waals surface area contributed by atoms with Crippen molar-refractivity contribution in [1.82, 2.24) is 4.98 Å². The molecule has 0 spiro atoms. The van der Waals surface area contributed by atoms with Crippen molar-refractivity contribution >= 4 is 0 Å². The summed E-state index contributed by atoms with van der Waals surface area (Å²) < 4.78 is 12.2. The van der Waals surface area contributed by atoms with Gasteiger partial charge in [-0.2, -0.15) is 4.39 Å². The summed E-state index contributed by atoms with van der Waals surface area (Å²) in [7, 11) is 0. The summed E-state index contributed by atoms with van der Waals surface area (Å²) >= 11 is 0. The molecule has 48 valence electrons. The molecule has 1 rings (SSSR count). The Kier molecular flexibility index (Phi) is 1.47. The van der Waals surface area contributed by atoms with E-state index >= 15 is 0 Å². The smallest absolute Gasteiger partial charge is 0.213 e. The molecule has 0 saturated carbocycles. The SMILES string of the molecule is Cc1cnc(F)cc1C. The third-order valence-electron chi connectivity index (χ3n) is 1.34. The molecule has 0 aliphatic carbocycles. The van der Waals surface area contributed by atoms with Crippen molar-refractivity contribution in [3.63, 3.8) is 0 Å². The summed E-state index contributed by atoms with van der Waals surface area (Å²) in [6.45, 7) is 3.77. The van der Waals surface area contributed by atoms with Crippen molar-refractivity contribution in [1.29, 1.82) is 0 Å². The van der Waals surface area contributed by atoms with E-state index in [1.54, 1.807) is 0 Å². The first-order valence-electron chi connectivity index (χ1n) is 2.79. The van der Waals surface area contributed by atoms with Gasteiger partial charge in [0.2, 0.25) is 5.95 Å². The van der Waals surface area contributed by atoms with Gasteiger partial charge < -0.3 is 0 Å². The Hall–Kier alpha value is -0.920. The topological polar surface area (TPSA) is 12.9 Å². The molecule has 0 atom stereocenters. The minimum Gasteiger partial charge on any atom is -0.228 e. The molecule has 1 heterocycles. The van der Waals surface area contributed by atoms with Crippen molar-refractivity contribution in [2.45, 2.75) is 13.8 Å². The van der Waals surface area contributed by atoms with Crippen LogP contribution in [0.5, 0.6) is 0 Å².